The van der Waals surface area contributed by atoms with Crippen LogP contribution in [-0.2, 0) is 0 Å². The predicted octanol–water partition coefficient (Wildman–Crippen LogP) is 17.5. The van der Waals surface area contributed by atoms with E-state index in [2.05, 4.69) is 266 Å². The molecule has 1 heteroatoms. The first kappa shape index (κ1) is 37.7. The topological polar surface area (TPSA) is 3.24 Å². The molecule has 1 nitrogen and oxygen atoms in total. The Morgan fingerprint density at radius 2 is 0.603 bits per heavy atom. The maximum Gasteiger partial charge on any atom is 0.0467 e. The fourth-order valence-corrected chi connectivity index (χ4v) is 9.11. The lowest BCUT2D eigenvalue weighted by atomic mass is 9.92. The Labute approximate surface area is 369 Å². The number of hydrogen-bond acceptors (Lipinski definition) is 1. The summed E-state index contributed by atoms with van der Waals surface area (Å²) < 4.78 is 0. The SMILES string of the molecule is c1ccc(-c2ccc(-c3ccc(N(c4ccc(-c5cc6ccccc6c6ccccc56)cc4)c4cccc(-c5cccc(-c6ccccc6-c6ccccc6)c5)c4)cc3)cc2)cc1. The zero-order chi connectivity index (χ0) is 42.0. The van der Waals surface area contributed by atoms with Gasteiger partial charge in [-0.05, 0) is 137 Å². The summed E-state index contributed by atoms with van der Waals surface area (Å²) in [6.07, 6.45) is 0. The molecule has 0 aliphatic rings. The molecule has 11 aromatic carbocycles. The Kier molecular flexibility index (Phi) is 9.97. The third-order valence-corrected chi connectivity index (χ3v) is 12.3. The lowest BCUT2D eigenvalue weighted by molar-refractivity contribution is 1.28. The first-order chi connectivity index (χ1) is 31.2. The van der Waals surface area contributed by atoms with Crippen LogP contribution in [0.5, 0.6) is 0 Å². The van der Waals surface area contributed by atoms with Crippen LogP contribution in [0.2, 0.25) is 0 Å². The predicted molar refractivity (Wildman–Crippen MR) is 269 cm³/mol. The number of nitrogens with zero attached hydrogens (tertiary/aromatic N) is 1. The molecule has 0 bridgehead atoms. The minimum absolute atomic E-state index is 1.09. The van der Waals surface area contributed by atoms with Gasteiger partial charge in [0.05, 0.1) is 0 Å². The second-order valence-electron chi connectivity index (χ2n) is 16.1. The summed E-state index contributed by atoms with van der Waals surface area (Å²) >= 11 is 0. The Morgan fingerprint density at radius 3 is 1.25 bits per heavy atom. The second kappa shape index (κ2) is 16.7. The van der Waals surface area contributed by atoms with E-state index in [1.165, 1.54) is 82.7 Å². The van der Waals surface area contributed by atoms with E-state index in [0.29, 0.717) is 0 Å². The van der Waals surface area contributed by atoms with Crippen LogP contribution in [0.3, 0.4) is 0 Å². The first-order valence-corrected chi connectivity index (χ1v) is 21.7. The van der Waals surface area contributed by atoms with Gasteiger partial charge in [-0.3, -0.25) is 0 Å². The minimum Gasteiger partial charge on any atom is -0.310 e. The number of benzene rings is 11. The van der Waals surface area contributed by atoms with E-state index in [-0.39, 0.29) is 0 Å². The summed E-state index contributed by atoms with van der Waals surface area (Å²) in [6, 6.07) is 94.5. The van der Waals surface area contributed by atoms with Crippen molar-refractivity contribution in [2.75, 3.05) is 4.90 Å². The normalized spacial score (nSPS) is 11.2. The van der Waals surface area contributed by atoms with Crippen LogP contribution in [0.25, 0.3) is 88.3 Å². The van der Waals surface area contributed by atoms with Gasteiger partial charge in [0, 0.05) is 17.1 Å². The van der Waals surface area contributed by atoms with E-state index >= 15 is 0 Å². The molecule has 0 amide bonds. The fraction of sp³-hybridized carbons (Fsp3) is 0. The molecule has 0 heterocycles. The van der Waals surface area contributed by atoms with Gasteiger partial charge in [0.2, 0.25) is 0 Å². The number of anilines is 3. The van der Waals surface area contributed by atoms with Crippen LogP contribution in [0, 0.1) is 0 Å². The molecular formula is C62H43N. The van der Waals surface area contributed by atoms with Crippen molar-refractivity contribution in [1.29, 1.82) is 0 Å². The van der Waals surface area contributed by atoms with E-state index in [4.69, 9.17) is 0 Å². The summed E-state index contributed by atoms with van der Waals surface area (Å²) in [5, 5.41) is 5.06. The second-order valence-corrected chi connectivity index (χ2v) is 16.1. The first-order valence-electron chi connectivity index (χ1n) is 21.7. The van der Waals surface area contributed by atoms with E-state index in [0.717, 1.165) is 22.6 Å². The molecule has 0 aliphatic carbocycles. The number of rotatable bonds is 9. The lowest BCUT2D eigenvalue weighted by Gasteiger charge is -2.26. The van der Waals surface area contributed by atoms with Gasteiger partial charge >= 0.3 is 0 Å². The van der Waals surface area contributed by atoms with Crippen molar-refractivity contribution in [2.45, 2.75) is 0 Å². The Morgan fingerprint density at radius 1 is 0.190 bits per heavy atom. The molecule has 296 valence electrons. The molecule has 0 aliphatic heterocycles. The fourth-order valence-electron chi connectivity index (χ4n) is 9.11. The zero-order valence-electron chi connectivity index (χ0n) is 34.8. The highest BCUT2D eigenvalue weighted by Crippen LogP contribution is 2.41. The number of fused-ring (bicyclic) bond motifs is 3. The maximum absolute atomic E-state index is 2.38. The zero-order valence-corrected chi connectivity index (χ0v) is 34.8. The summed E-state index contributed by atoms with van der Waals surface area (Å²) in [5.41, 5.74) is 17.7. The average molecular weight is 802 g/mol. The standard InChI is InChI=1S/C62H43N/c1-3-15-44(16-4-1)45-29-31-46(32-30-45)47-33-37-54(38-34-47)63(55-39-35-49(36-40-55)62-43-53-19-7-8-26-59(53)60-27-11-12-28-61(60)62)56-23-14-21-51(42-56)50-20-13-22-52(41-50)58-25-10-9-24-57(58)48-17-5-2-6-18-48/h1-43H. The molecular weight excluding hydrogens is 759 g/mol. The smallest absolute Gasteiger partial charge is 0.0467 e. The molecule has 0 fully saturated rings. The molecule has 0 saturated heterocycles. The van der Waals surface area contributed by atoms with Crippen LogP contribution >= 0.6 is 0 Å². The van der Waals surface area contributed by atoms with Gasteiger partial charge in [-0.15, -0.1) is 0 Å². The third kappa shape index (κ3) is 7.47. The quantitative estimate of drug-likeness (QED) is 0.131. The number of hydrogen-bond donors (Lipinski definition) is 0. The van der Waals surface area contributed by atoms with Crippen LogP contribution in [0.4, 0.5) is 17.1 Å². The largest absolute Gasteiger partial charge is 0.310 e. The van der Waals surface area contributed by atoms with Crippen molar-refractivity contribution in [1.82, 2.24) is 0 Å². The molecule has 11 rings (SSSR count). The van der Waals surface area contributed by atoms with Crippen molar-refractivity contribution in [3.05, 3.63) is 261 Å². The highest BCUT2D eigenvalue weighted by molar-refractivity contribution is 6.13. The van der Waals surface area contributed by atoms with Crippen molar-refractivity contribution in [3.8, 4) is 66.8 Å². The minimum atomic E-state index is 1.09. The molecule has 0 spiro atoms. The van der Waals surface area contributed by atoms with Gasteiger partial charge in [-0.2, -0.15) is 0 Å². The van der Waals surface area contributed by atoms with Crippen LogP contribution in [0.15, 0.2) is 261 Å². The van der Waals surface area contributed by atoms with Crippen molar-refractivity contribution in [2.24, 2.45) is 0 Å². The molecule has 0 saturated carbocycles. The molecule has 0 radical (unpaired) electrons. The van der Waals surface area contributed by atoms with Gasteiger partial charge in [0.15, 0.2) is 0 Å². The van der Waals surface area contributed by atoms with Gasteiger partial charge in [-0.1, -0.05) is 212 Å². The highest BCUT2D eigenvalue weighted by atomic mass is 15.1. The van der Waals surface area contributed by atoms with E-state index in [1.807, 2.05) is 0 Å². The third-order valence-electron chi connectivity index (χ3n) is 12.3. The van der Waals surface area contributed by atoms with Gasteiger partial charge in [0.25, 0.3) is 0 Å². The average Bonchev–Trinajstić information content (AvgIpc) is 3.37. The molecule has 0 atom stereocenters. The van der Waals surface area contributed by atoms with Gasteiger partial charge < -0.3 is 4.90 Å². The highest BCUT2D eigenvalue weighted by Gasteiger charge is 2.16. The summed E-state index contributed by atoms with van der Waals surface area (Å²) in [5.74, 6) is 0. The molecule has 0 aromatic heterocycles. The van der Waals surface area contributed by atoms with E-state index in [1.54, 1.807) is 0 Å². The van der Waals surface area contributed by atoms with Crippen LogP contribution < -0.4 is 4.90 Å². The van der Waals surface area contributed by atoms with Crippen molar-refractivity contribution in [3.63, 3.8) is 0 Å². The Bertz CT molecular complexity index is 3350. The van der Waals surface area contributed by atoms with E-state index < -0.39 is 0 Å². The lowest BCUT2D eigenvalue weighted by Crippen LogP contribution is -2.10. The molecule has 0 N–H and O–H groups in total. The van der Waals surface area contributed by atoms with Crippen molar-refractivity contribution >= 4 is 38.6 Å². The monoisotopic (exact) mass is 801 g/mol. The van der Waals surface area contributed by atoms with Crippen molar-refractivity contribution < 1.29 is 0 Å². The summed E-state index contributed by atoms with van der Waals surface area (Å²) in [7, 11) is 0. The van der Waals surface area contributed by atoms with Crippen LogP contribution in [-0.4, -0.2) is 0 Å². The van der Waals surface area contributed by atoms with Crippen LogP contribution in [0.1, 0.15) is 0 Å². The summed E-state index contributed by atoms with van der Waals surface area (Å²) in [4.78, 5) is 2.38. The summed E-state index contributed by atoms with van der Waals surface area (Å²) in [6.45, 7) is 0. The van der Waals surface area contributed by atoms with Gasteiger partial charge in [-0.25, -0.2) is 0 Å². The van der Waals surface area contributed by atoms with Gasteiger partial charge in [0.1, 0.15) is 0 Å². The maximum atomic E-state index is 2.38. The Balaban J connectivity index is 0.983. The molecule has 0 unspecified atom stereocenters. The molecule has 63 heavy (non-hydrogen) atoms. The Hall–Kier alpha value is -8.26. The van der Waals surface area contributed by atoms with E-state index in [9.17, 15) is 0 Å². The molecule has 11 aromatic rings.